The molecule has 0 spiro atoms. The molecule has 2 aromatic rings. The molecular weight excluding hydrogens is 284 g/mol. The van der Waals surface area contributed by atoms with Gasteiger partial charge in [-0.05, 0) is 24.6 Å². The van der Waals surface area contributed by atoms with Gasteiger partial charge in [0.15, 0.2) is 0 Å². The molecule has 4 nitrogen and oxygen atoms in total. The zero-order valence-electron chi connectivity index (χ0n) is 12.4. The van der Waals surface area contributed by atoms with E-state index in [0.717, 1.165) is 43.1 Å². The van der Waals surface area contributed by atoms with Gasteiger partial charge in [0.25, 0.3) is 0 Å². The largest absolute Gasteiger partial charge is 0.494 e. The Labute approximate surface area is 129 Å². The van der Waals surface area contributed by atoms with Crippen LogP contribution in [-0.4, -0.2) is 24.8 Å². The van der Waals surface area contributed by atoms with Gasteiger partial charge in [-0.15, -0.1) is 11.3 Å². The first kappa shape index (κ1) is 15.9. The summed E-state index contributed by atoms with van der Waals surface area (Å²) in [7, 11) is 0. The van der Waals surface area contributed by atoms with Gasteiger partial charge in [-0.1, -0.05) is 12.1 Å². The summed E-state index contributed by atoms with van der Waals surface area (Å²) in [6, 6.07) is 7.89. The summed E-state index contributed by atoms with van der Waals surface area (Å²) in [6.45, 7) is 4.73. The van der Waals surface area contributed by atoms with Gasteiger partial charge in [-0.25, -0.2) is 4.98 Å². The van der Waals surface area contributed by atoms with Crippen molar-refractivity contribution in [2.45, 2.75) is 26.3 Å². The van der Waals surface area contributed by atoms with Gasteiger partial charge in [-0.2, -0.15) is 0 Å². The molecule has 0 aliphatic rings. The number of aryl methyl sites for hydroxylation is 1. The Kier molecular flexibility index (Phi) is 6.66. The number of rotatable bonds is 9. The van der Waals surface area contributed by atoms with Crippen LogP contribution in [0.15, 0.2) is 29.8 Å². The van der Waals surface area contributed by atoms with E-state index in [-0.39, 0.29) is 0 Å². The fourth-order valence-electron chi connectivity index (χ4n) is 1.91. The summed E-state index contributed by atoms with van der Waals surface area (Å²) in [6.07, 6.45) is 1.83. The summed E-state index contributed by atoms with van der Waals surface area (Å²) in [4.78, 5) is 5.54. The lowest BCUT2D eigenvalue weighted by molar-refractivity contribution is 0.122. The van der Waals surface area contributed by atoms with E-state index in [1.807, 2.05) is 36.7 Å². The lowest BCUT2D eigenvalue weighted by atomic mass is 10.2. The van der Waals surface area contributed by atoms with Crippen LogP contribution in [0.25, 0.3) is 0 Å². The molecule has 0 saturated heterocycles. The predicted octanol–water partition coefficient (Wildman–Crippen LogP) is 2.94. The Morgan fingerprint density at radius 3 is 2.62 bits per heavy atom. The summed E-state index contributed by atoms with van der Waals surface area (Å²) in [5.74, 6) is 0.882. The second-order valence-corrected chi connectivity index (χ2v) is 5.71. The molecule has 2 N–H and O–H groups in total. The molecule has 0 unspecified atom stereocenters. The molecule has 5 heteroatoms. The molecular formula is C16H22N2O2S. The minimum Gasteiger partial charge on any atom is -0.494 e. The third-order valence-electron chi connectivity index (χ3n) is 3.18. The average Bonchev–Trinajstić information content (AvgIpc) is 2.92. The number of hydrogen-bond acceptors (Lipinski definition) is 5. The highest BCUT2D eigenvalue weighted by Crippen LogP contribution is 2.13. The Bertz CT molecular complexity index is 525. The third kappa shape index (κ3) is 5.46. The van der Waals surface area contributed by atoms with Crippen molar-refractivity contribution >= 4 is 11.3 Å². The summed E-state index contributed by atoms with van der Waals surface area (Å²) < 4.78 is 11.3. The van der Waals surface area contributed by atoms with E-state index in [1.54, 1.807) is 11.3 Å². The normalized spacial score (nSPS) is 10.8. The lowest BCUT2D eigenvalue weighted by Crippen LogP contribution is -2.05. The highest BCUT2D eigenvalue weighted by Gasteiger charge is 2.01. The fraction of sp³-hybridized carbons (Fsp3) is 0.438. The number of nitrogens with two attached hydrogens (primary N) is 1. The van der Waals surface area contributed by atoms with Crippen molar-refractivity contribution in [3.8, 4) is 5.75 Å². The maximum atomic E-state index is 5.65. The molecule has 1 aromatic carbocycles. The molecule has 0 fully saturated rings. The van der Waals surface area contributed by atoms with Gasteiger partial charge in [0.1, 0.15) is 5.75 Å². The molecule has 0 bridgehead atoms. The number of nitrogens with zero attached hydrogens (tertiary/aromatic N) is 1. The van der Waals surface area contributed by atoms with Crippen molar-refractivity contribution in [2.75, 3.05) is 19.8 Å². The van der Waals surface area contributed by atoms with Gasteiger partial charge in [0, 0.05) is 30.9 Å². The quantitative estimate of drug-likeness (QED) is 0.724. The van der Waals surface area contributed by atoms with Crippen molar-refractivity contribution in [3.63, 3.8) is 0 Å². The summed E-state index contributed by atoms with van der Waals surface area (Å²) in [5.41, 5.74) is 9.67. The predicted molar refractivity (Wildman–Crippen MR) is 85.8 cm³/mol. The minimum atomic E-state index is 0.563. The molecule has 21 heavy (non-hydrogen) atoms. The summed E-state index contributed by atoms with van der Waals surface area (Å²) in [5, 5.41) is 0. The van der Waals surface area contributed by atoms with Crippen molar-refractivity contribution in [1.82, 2.24) is 4.98 Å². The number of thiazole rings is 1. The van der Waals surface area contributed by atoms with Gasteiger partial charge in [-0.3, -0.25) is 0 Å². The number of aromatic nitrogens is 1. The van der Waals surface area contributed by atoms with Crippen LogP contribution in [0.2, 0.25) is 0 Å². The van der Waals surface area contributed by atoms with Crippen LogP contribution >= 0.6 is 11.3 Å². The molecule has 1 heterocycles. The zero-order chi connectivity index (χ0) is 14.9. The molecule has 0 saturated carbocycles. The van der Waals surface area contributed by atoms with Gasteiger partial charge >= 0.3 is 0 Å². The van der Waals surface area contributed by atoms with E-state index >= 15 is 0 Å². The monoisotopic (exact) mass is 306 g/mol. The first-order valence-electron chi connectivity index (χ1n) is 7.18. The van der Waals surface area contributed by atoms with Crippen LogP contribution in [0.3, 0.4) is 0 Å². The number of ether oxygens (including phenoxy) is 2. The van der Waals surface area contributed by atoms with Crippen LogP contribution in [0, 0.1) is 6.92 Å². The van der Waals surface area contributed by atoms with E-state index in [1.165, 1.54) is 4.88 Å². The van der Waals surface area contributed by atoms with Crippen molar-refractivity contribution in [3.05, 3.63) is 45.9 Å². The van der Waals surface area contributed by atoms with Crippen molar-refractivity contribution in [2.24, 2.45) is 5.73 Å². The van der Waals surface area contributed by atoms with E-state index in [4.69, 9.17) is 15.2 Å². The minimum absolute atomic E-state index is 0.563. The molecule has 114 valence electrons. The highest BCUT2D eigenvalue weighted by atomic mass is 32.1. The van der Waals surface area contributed by atoms with E-state index < -0.39 is 0 Å². The van der Waals surface area contributed by atoms with Gasteiger partial charge < -0.3 is 15.2 Å². The topological polar surface area (TPSA) is 57.4 Å². The lowest BCUT2D eigenvalue weighted by Gasteiger charge is -2.07. The number of benzene rings is 1. The Hall–Kier alpha value is -1.43. The van der Waals surface area contributed by atoms with Crippen molar-refractivity contribution < 1.29 is 9.47 Å². The van der Waals surface area contributed by atoms with Crippen molar-refractivity contribution in [1.29, 1.82) is 0 Å². The van der Waals surface area contributed by atoms with E-state index in [0.29, 0.717) is 13.2 Å². The first-order valence-corrected chi connectivity index (χ1v) is 8.06. The van der Waals surface area contributed by atoms with Gasteiger partial charge in [0.05, 0.1) is 24.4 Å². The van der Waals surface area contributed by atoms with Crippen LogP contribution < -0.4 is 10.5 Å². The Morgan fingerprint density at radius 2 is 1.95 bits per heavy atom. The van der Waals surface area contributed by atoms with Crippen LogP contribution in [0.5, 0.6) is 5.75 Å². The Morgan fingerprint density at radius 1 is 1.14 bits per heavy atom. The maximum absolute atomic E-state index is 5.65. The van der Waals surface area contributed by atoms with E-state index in [9.17, 15) is 0 Å². The van der Waals surface area contributed by atoms with Gasteiger partial charge in [0.2, 0.25) is 0 Å². The first-order chi connectivity index (χ1) is 10.3. The van der Waals surface area contributed by atoms with Crippen LogP contribution in [-0.2, 0) is 17.7 Å². The average molecular weight is 306 g/mol. The summed E-state index contributed by atoms with van der Waals surface area (Å²) >= 11 is 1.69. The molecule has 0 radical (unpaired) electrons. The maximum Gasteiger partial charge on any atom is 0.119 e. The molecule has 2 rings (SSSR count). The third-order valence-corrected chi connectivity index (χ3v) is 4.17. The SMILES string of the molecule is Cc1ncsc1CCOCCCOc1ccc(CN)cc1. The molecule has 1 aromatic heterocycles. The zero-order valence-corrected chi connectivity index (χ0v) is 13.2. The second kappa shape index (κ2) is 8.77. The van der Waals surface area contributed by atoms with Crippen LogP contribution in [0.4, 0.5) is 0 Å². The number of hydrogen-bond donors (Lipinski definition) is 1. The Balaban J connectivity index is 1.52. The molecule has 0 atom stereocenters. The molecule has 0 aliphatic heterocycles. The van der Waals surface area contributed by atoms with Crippen LogP contribution in [0.1, 0.15) is 22.6 Å². The van der Waals surface area contributed by atoms with E-state index in [2.05, 4.69) is 4.98 Å². The smallest absolute Gasteiger partial charge is 0.119 e. The molecule has 0 amide bonds. The second-order valence-electron chi connectivity index (χ2n) is 4.77. The fourth-order valence-corrected chi connectivity index (χ4v) is 2.67. The highest BCUT2D eigenvalue weighted by molar-refractivity contribution is 7.09. The standard InChI is InChI=1S/C16H22N2O2S/c1-13-16(21-12-18-13)7-10-19-8-2-9-20-15-5-3-14(11-17)4-6-15/h3-6,12H,2,7-11,17H2,1H3. The molecule has 0 aliphatic carbocycles.